The van der Waals surface area contributed by atoms with Crippen LogP contribution in [-0.2, 0) is 0 Å². The lowest BCUT2D eigenvalue weighted by Crippen LogP contribution is -1.87. The molecule has 1 unspecified atom stereocenters. The highest BCUT2D eigenvalue weighted by molar-refractivity contribution is 4.55. The van der Waals surface area contributed by atoms with Crippen LogP contribution >= 0.6 is 0 Å². The van der Waals surface area contributed by atoms with Gasteiger partial charge in [0.15, 0.2) is 0 Å². The summed E-state index contributed by atoms with van der Waals surface area (Å²) in [5, 5.41) is 0. The summed E-state index contributed by atoms with van der Waals surface area (Å²) in [5.74, 6) is 0.648. The maximum absolute atomic E-state index is 4.06. The van der Waals surface area contributed by atoms with E-state index in [9.17, 15) is 0 Å². The fourth-order valence-corrected chi connectivity index (χ4v) is 4.10. The van der Waals surface area contributed by atoms with Crippen molar-refractivity contribution in [3.05, 3.63) is 6.92 Å². The van der Waals surface area contributed by atoms with Gasteiger partial charge in [-0.25, -0.2) is 0 Å². The lowest BCUT2D eigenvalue weighted by molar-refractivity contribution is 0.511. The summed E-state index contributed by atoms with van der Waals surface area (Å²) in [7, 11) is 0. The quantitative estimate of drug-likeness (QED) is 0.155. The van der Waals surface area contributed by atoms with Gasteiger partial charge in [0.25, 0.3) is 0 Å². The Labute approximate surface area is 174 Å². The molecule has 0 spiro atoms. The van der Waals surface area contributed by atoms with Gasteiger partial charge in [-0.1, -0.05) is 168 Å². The predicted molar refractivity (Wildman–Crippen MR) is 126 cm³/mol. The first-order valence-electron chi connectivity index (χ1n) is 13.1. The molecule has 0 N–H and O–H groups in total. The van der Waals surface area contributed by atoms with Crippen LogP contribution in [-0.4, -0.2) is 0 Å². The minimum atomic E-state index is 0.648. The van der Waals surface area contributed by atoms with Crippen LogP contribution in [0.2, 0.25) is 0 Å². The molecule has 0 rings (SSSR count). The third-order valence-corrected chi connectivity index (χ3v) is 6.05. The normalized spacial score (nSPS) is 11.6. The average molecular weight is 380 g/mol. The van der Waals surface area contributed by atoms with E-state index in [1.165, 1.54) is 148 Å². The minimum absolute atomic E-state index is 0.648. The molecule has 0 saturated heterocycles. The van der Waals surface area contributed by atoms with E-state index in [1.807, 2.05) is 0 Å². The van der Waals surface area contributed by atoms with Gasteiger partial charge in [0.1, 0.15) is 0 Å². The standard InChI is InChI=1S/C27H55/c1-4-5-6-7-8-9-10-11-12-13-14-15-16-17-18-19-20-21-22-23-24-25-26-27(2)3/h27H,2,4-26H2,1,3H3. The van der Waals surface area contributed by atoms with E-state index in [4.69, 9.17) is 0 Å². The summed E-state index contributed by atoms with van der Waals surface area (Å²) in [4.78, 5) is 0. The van der Waals surface area contributed by atoms with Crippen LogP contribution in [0.1, 0.15) is 162 Å². The number of hydrogen-bond acceptors (Lipinski definition) is 0. The zero-order chi connectivity index (χ0) is 19.8. The second-order valence-electron chi connectivity index (χ2n) is 9.32. The molecule has 0 saturated carbocycles. The highest BCUT2D eigenvalue weighted by Crippen LogP contribution is 2.15. The smallest absolute Gasteiger partial charge is 0.0443 e. The molecule has 0 aromatic heterocycles. The highest BCUT2D eigenvalue weighted by atomic mass is 14.0. The molecule has 0 bridgehead atoms. The van der Waals surface area contributed by atoms with Gasteiger partial charge in [0.05, 0.1) is 0 Å². The van der Waals surface area contributed by atoms with E-state index in [2.05, 4.69) is 20.8 Å². The van der Waals surface area contributed by atoms with Crippen molar-refractivity contribution in [1.82, 2.24) is 0 Å². The van der Waals surface area contributed by atoms with Gasteiger partial charge < -0.3 is 0 Å². The molecule has 1 atom stereocenters. The Bertz CT molecular complexity index is 242. The molecule has 0 fully saturated rings. The van der Waals surface area contributed by atoms with Gasteiger partial charge in [-0.05, 0) is 5.92 Å². The lowest BCUT2D eigenvalue weighted by Gasteiger charge is -2.05. The minimum Gasteiger partial charge on any atom is -0.0654 e. The average Bonchev–Trinajstić information content (AvgIpc) is 2.65. The first-order chi connectivity index (χ1) is 13.3. The Morgan fingerprint density at radius 3 is 0.852 bits per heavy atom. The molecule has 27 heavy (non-hydrogen) atoms. The Morgan fingerprint density at radius 1 is 0.407 bits per heavy atom. The molecule has 0 heterocycles. The summed E-state index contributed by atoms with van der Waals surface area (Å²) in [6.45, 7) is 8.60. The van der Waals surface area contributed by atoms with Crippen LogP contribution in [0.15, 0.2) is 0 Å². The molecule has 0 aliphatic carbocycles. The van der Waals surface area contributed by atoms with E-state index in [-0.39, 0.29) is 0 Å². The van der Waals surface area contributed by atoms with Crippen molar-refractivity contribution in [2.75, 3.05) is 0 Å². The zero-order valence-corrected chi connectivity index (χ0v) is 19.5. The highest BCUT2D eigenvalue weighted by Gasteiger charge is 1.96. The lowest BCUT2D eigenvalue weighted by atomic mass is 10.0. The van der Waals surface area contributed by atoms with Gasteiger partial charge in [0.2, 0.25) is 0 Å². The molecule has 0 heteroatoms. The van der Waals surface area contributed by atoms with Crippen LogP contribution in [0.3, 0.4) is 0 Å². The number of unbranched alkanes of at least 4 members (excludes halogenated alkanes) is 21. The van der Waals surface area contributed by atoms with Crippen molar-refractivity contribution in [2.24, 2.45) is 5.92 Å². The van der Waals surface area contributed by atoms with Crippen LogP contribution < -0.4 is 0 Å². The van der Waals surface area contributed by atoms with E-state index >= 15 is 0 Å². The molecule has 0 amide bonds. The fraction of sp³-hybridized carbons (Fsp3) is 0.963. The Kier molecular flexibility index (Phi) is 24.0. The van der Waals surface area contributed by atoms with E-state index in [0.717, 1.165) is 0 Å². The summed E-state index contributed by atoms with van der Waals surface area (Å²) < 4.78 is 0. The Balaban J connectivity index is 2.97. The maximum atomic E-state index is 4.06. The molecule has 0 aliphatic heterocycles. The van der Waals surface area contributed by atoms with Crippen molar-refractivity contribution < 1.29 is 0 Å². The van der Waals surface area contributed by atoms with Crippen molar-refractivity contribution in [3.8, 4) is 0 Å². The van der Waals surface area contributed by atoms with Crippen LogP contribution in [0, 0.1) is 12.8 Å². The van der Waals surface area contributed by atoms with E-state index < -0.39 is 0 Å². The van der Waals surface area contributed by atoms with Crippen molar-refractivity contribution in [2.45, 2.75) is 162 Å². The SMILES string of the molecule is [CH2]C(C)CCCCCCCCCCCCCCCCCCCCCCCC. The summed E-state index contributed by atoms with van der Waals surface area (Å²) >= 11 is 0. The van der Waals surface area contributed by atoms with E-state index in [1.54, 1.807) is 0 Å². The second kappa shape index (κ2) is 24.0. The molecule has 0 nitrogen and oxygen atoms in total. The Morgan fingerprint density at radius 2 is 0.630 bits per heavy atom. The fourth-order valence-electron chi connectivity index (χ4n) is 4.10. The molecule has 0 aliphatic rings. The molecule has 1 radical (unpaired) electrons. The van der Waals surface area contributed by atoms with Gasteiger partial charge in [-0.3, -0.25) is 0 Å². The molecule has 0 aromatic rings. The van der Waals surface area contributed by atoms with Crippen molar-refractivity contribution in [1.29, 1.82) is 0 Å². The molecule has 0 aromatic carbocycles. The largest absolute Gasteiger partial charge is 0.0654 e. The van der Waals surface area contributed by atoms with Gasteiger partial charge in [-0.2, -0.15) is 0 Å². The van der Waals surface area contributed by atoms with Crippen LogP contribution in [0.4, 0.5) is 0 Å². The zero-order valence-electron chi connectivity index (χ0n) is 19.5. The topological polar surface area (TPSA) is 0 Å². The first-order valence-corrected chi connectivity index (χ1v) is 13.1. The molecular formula is C27H55. The van der Waals surface area contributed by atoms with Gasteiger partial charge >= 0.3 is 0 Å². The predicted octanol–water partition coefficient (Wildman–Crippen LogP) is 10.4. The third-order valence-electron chi connectivity index (χ3n) is 6.05. The summed E-state index contributed by atoms with van der Waals surface area (Å²) in [5.41, 5.74) is 0. The first kappa shape index (κ1) is 27.0. The number of hydrogen-bond donors (Lipinski definition) is 0. The van der Waals surface area contributed by atoms with Crippen LogP contribution in [0.25, 0.3) is 0 Å². The molecule has 163 valence electrons. The summed E-state index contributed by atoms with van der Waals surface area (Å²) in [6, 6.07) is 0. The van der Waals surface area contributed by atoms with Gasteiger partial charge in [-0.15, -0.1) is 0 Å². The number of rotatable bonds is 23. The maximum Gasteiger partial charge on any atom is -0.0443 e. The molecular weight excluding hydrogens is 324 g/mol. The monoisotopic (exact) mass is 379 g/mol. The second-order valence-corrected chi connectivity index (χ2v) is 9.32. The van der Waals surface area contributed by atoms with Crippen molar-refractivity contribution >= 4 is 0 Å². The van der Waals surface area contributed by atoms with Crippen LogP contribution in [0.5, 0.6) is 0 Å². The Hall–Kier alpha value is 0. The summed E-state index contributed by atoms with van der Waals surface area (Å²) in [6.07, 6.45) is 33.6. The van der Waals surface area contributed by atoms with E-state index in [0.29, 0.717) is 5.92 Å². The third kappa shape index (κ3) is 26.0. The van der Waals surface area contributed by atoms with Crippen molar-refractivity contribution in [3.63, 3.8) is 0 Å². The van der Waals surface area contributed by atoms with Gasteiger partial charge in [0, 0.05) is 0 Å².